The van der Waals surface area contributed by atoms with Gasteiger partial charge in [0.2, 0.25) is 0 Å². The first kappa shape index (κ1) is 36.9. The molecule has 0 aliphatic rings. The minimum Gasteiger partial charge on any atom is -0.494 e. The van der Waals surface area contributed by atoms with Crippen LogP contribution in [0.5, 0.6) is 11.5 Å². The van der Waals surface area contributed by atoms with E-state index in [2.05, 4.69) is 0 Å². The van der Waals surface area contributed by atoms with Gasteiger partial charge in [-0.1, -0.05) is 55.0 Å². The molecule has 0 unspecified atom stereocenters. The van der Waals surface area contributed by atoms with Crippen LogP contribution in [0.4, 0.5) is 13.2 Å². The van der Waals surface area contributed by atoms with Crippen LogP contribution < -0.4 is 9.47 Å². The maximum absolute atomic E-state index is 12.4. The Labute approximate surface area is 273 Å². The molecular formula is C37H41F3O7. The zero-order chi connectivity index (χ0) is 34.1. The van der Waals surface area contributed by atoms with E-state index >= 15 is 0 Å². The predicted molar refractivity (Wildman–Crippen MR) is 173 cm³/mol. The Bertz CT molecular complexity index is 1440. The number of carbonyl (C=O) groups excluding carboxylic acids is 3. The monoisotopic (exact) mass is 654 g/mol. The quantitative estimate of drug-likeness (QED) is 0.0586. The topological polar surface area (TPSA) is 88.1 Å². The summed E-state index contributed by atoms with van der Waals surface area (Å²) < 4.78 is 57.9. The van der Waals surface area contributed by atoms with Gasteiger partial charge in [0.15, 0.2) is 0 Å². The number of esters is 3. The van der Waals surface area contributed by atoms with Crippen molar-refractivity contribution >= 4 is 24.0 Å². The molecule has 0 bridgehead atoms. The van der Waals surface area contributed by atoms with E-state index in [0.29, 0.717) is 35.8 Å². The average Bonchev–Trinajstić information content (AvgIpc) is 3.03. The molecule has 0 amide bonds. The Hall–Kier alpha value is -4.60. The van der Waals surface area contributed by atoms with E-state index in [1.54, 1.807) is 30.3 Å². The van der Waals surface area contributed by atoms with Crippen molar-refractivity contribution in [2.75, 3.05) is 19.8 Å². The number of ether oxygens (including phenoxy) is 4. The van der Waals surface area contributed by atoms with Gasteiger partial charge in [0.1, 0.15) is 11.5 Å². The maximum Gasteiger partial charge on any atom is 0.389 e. The summed E-state index contributed by atoms with van der Waals surface area (Å²) in [4.78, 5) is 36.7. The number of benzene rings is 3. The lowest BCUT2D eigenvalue weighted by atomic mass is 10.1. The largest absolute Gasteiger partial charge is 0.494 e. The van der Waals surface area contributed by atoms with E-state index in [0.717, 1.165) is 49.7 Å². The van der Waals surface area contributed by atoms with Crippen molar-refractivity contribution in [3.8, 4) is 11.5 Å². The highest BCUT2D eigenvalue weighted by atomic mass is 19.4. The van der Waals surface area contributed by atoms with Gasteiger partial charge in [-0.3, -0.25) is 0 Å². The van der Waals surface area contributed by atoms with Crippen molar-refractivity contribution in [3.63, 3.8) is 0 Å². The first-order chi connectivity index (χ1) is 22.5. The van der Waals surface area contributed by atoms with Crippen LogP contribution in [0.25, 0.3) is 6.08 Å². The number of unbranched alkanes of at least 4 members (excludes halogenated alkanes) is 5. The lowest BCUT2D eigenvalue weighted by molar-refractivity contribution is -0.138. The molecule has 3 aromatic rings. The minimum absolute atomic E-state index is 0.0822. The highest BCUT2D eigenvalue weighted by molar-refractivity contribution is 5.91. The first-order valence-corrected chi connectivity index (χ1v) is 15.7. The van der Waals surface area contributed by atoms with Gasteiger partial charge in [0.25, 0.3) is 0 Å². The number of rotatable bonds is 18. The van der Waals surface area contributed by atoms with Crippen molar-refractivity contribution in [2.24, 2.45) is 0 Å². The zero-order valence-electron chi connectivity index (χ0n) is 26.8. The summed E-state index contributed by atoms with van der Waals surface area (Å²) in [5.74, 6) is -0.671. The van der Waals surface area contributed by atoms with Crippen LogP contribution in [-0.2, 0) is 14.3 Å². The van der Waals surface area contributed by atoms with Crippen LogP contribution in [0.1, 0.15) is 88.8 Å². The van der Waals surface area contributed by atoms with Gasteiger partial charge in [-0.2, -0.15) is 13.2 Å². The molecule has 0 atom stereocenters. The van der Waals surface area contributed by atoms with E-state index in [9.17, 15) is 27.6 Å². The van der Waals surface area contributed by atoms with Gasteiger partial charge < -0.3 is 18.9 Å². The minimum atomic E-state index is -4.22. The maximum atomic E-state index is 12.4. The molecule has 0 aromatic heterocycles. The van der Waals surface area contributed by atoms with Crippen LogP contribution in [0, 0.1) is 13.8 Å². The van der Waals surface area contributed by atoms with Gasteiger partial charge in [0, 0.05) is 12.5 Å². The summed E-state index contributed by atoms with van der Waals surface area (Å²) in [6.45, 7) is 4.56. The molecule has 0 spiro atoms. The van der Waals surface area contributed by atoms with Crippen molar-refractivity contribution in [1.82, 2.24) is 0 Å². The van der Waals surface area contributed by atoms with Crippen LogP contribution in [0.15, 0.2) is 72.8 Å². The van der Waals surface area contributed by atoms with E-state index in [1.807, 2.05) is 32.0 Å². The molecule has 0 N–H and O–H groups in total. The third-order valence-electron chi connectivity index (χ3n) is 6.94. The van der Waals surface area contributed by atoms with Gasteiger partial charge >= 0.3 is 24.1 Å². The Morgan fingerprint density at radius 1 is 0.638 bits per heavy atom. The summed E-state index contributed by atoms with van der Waals surface area (Å²) in [7, 11) is 0. The second-order valence-electron chi connectivity index (χ2n) is 11.2. The summed E-state index contributed by atoms with van der Waals surface area (Å²) in [6, 6.07) is 18.2. The molecule has 252 valence electrons. The van der Waals surface area contributed by atoms with E-state index in [1.165, 1.54) is 30.3 Å². The fraction of sp³-hybridized carbons (Fsp3) is 0.378. The highest BCUT2D eigenvalue weighted by Gasteiger charge is 2.26. The smallest absolute Gasteiger partial charge is 0.389 e. The highest BCUT2D eigenvalue weighted by Crippen LogP contribution is 2.22. The fourth-order valence-electron chi connectivity index (χ4n) is 4.60. The number of alkyl halides is 3. The molecule has 0 fully saturated rings. The number of aryl methyl sites for hydroxylation is 2. The fourth-order valence-corrected chi connectivity index (χ4v) is 4.60. The standard InChI is InChI=1S/C37H41F3O7/c1-27-24-28(2)26-31(25-27)35(42)46-22-8-6-4-3-5-7-21-45-34(41)19-12-29-10-15-33(16-11-29)47-36(43)30-13-17-32(18-14-30)44-23-9-20-37(38,39)40/h10-19,24-26H,3-9,20-23H2,1-2H3/b19-12+. The summed E-state index contributed by atoms with van der Waals surface area (Å²) >= 11 is 0. The number of hydrogen-bond donors (Lipinski definition) is 0. The molecule has 3 aromatic carbocycles. The van der Waals surface area contributed by atoms with E-state index in [4.69, 9.17) is 18.9 Å². The van der Waals surface area contributed by atoms with Crippen molar-refractivity contribution < 1.29 is 46.5 Å². The Balaban J connectivity index is 1.23. The number of carbonyl (C=O) groups is 3. The third kappa shape index (κ3) is 15.0. The molecule has 0 aliphatic heterocycles. The molecule has 3 rings (SSSR count). The molecule has 0 radical (unpaired) electrons. The van der Waals surface area contributed by atoms with Crippen LogP contribution in [-0.4, -0.2) is 43.9 Å². The normalized spacial score (nSPS) is 11.3. The second-order valence-corrected chi connectivity index (χ2v) is 11.2. The third-order valence-corrected chi connectivity index (χ3v) is 6.94. The Morgan fingerprint density at radius 2 is 1.21 bits per heavy atom. The predicted octanol–water partition coefficient (Wildman–Crippen LogP) is 9.00. The number of halogens is 3. The average molecular weight is 655 g/mol. The first-order valence-electron chi connectivity index (χ1n) is 15.7. The lowest BCUT2D eigenvalue weighted by Gasteiger charge is -2.09. The second kappa shape index (κ2) is 19.2. The molecule has 0 heterocycles. The molecule has 0 saturated carbocycles. The van der Waals surface area contributed by atoms with Gasteiger partial charge in [-0.05, 0) is 93.3 Å². The van der Waals surface area contributed by atoms with Crippen molar-refractivity contribution in [2.45, 2.75) is 71.4 Å². The number of hydrogen-bond acceptors (Lipinski definition) is 7. The molecular weight excluding hydrogens is 613 g/mol. The van der Waals surface area contributed by atoms with E-state index in [-0.39, 0.29) is 24.6 Å². The van der Waals surface area contributed by atoms with E-state index < -0.39 is 24.5 Å². The molecule has 7 nitrogen and oxygen atoms in total. The Morgan fingerprint density at radius 3 is 1.83 bits per heavy atom. The van der Waals surface area contributed by atoms with Crippen LogP contribution in [0.3, 0.4) is 0 Å². The van der Waals surface area contributed by atoms with Gasteiger partial charge in [-0.15, -0.1) is 0 Å². The zero-order valence-corrected chi connectivity index (χ0v) is 26.8. The SMILES string of the molecule is Cc1cc(C)cc(C(=O)OCCCCCCCCOC(=O)/C=C/c2ccc(OC(=O)c3ccc(OCCCC(F)(F)F)cc3)cc2)c1. The van der Waals surface area contributed by atoms with Crippen LogP contribution >= 0.6 is 0 Å². The molecule has 10 heteroatoms. The van der Waals surface area contributed by atoms with Gasteiger partial charge in [0.05, 0.1) is 30.9 Å². The van der Waals surface area contributed by atoms with Gasteiger partial charge in [-0.25, -0.2) is 14.4 Å². The lowest BCUT2D eigenvalue weighted by Crippen LogP contribution is -2.10. The van der Waals surface area contributed by atoms with Crippen molar-refractivity contribution in [3.05, 3.63) is 101 Å². The van der Waals surface area contributed by atoms with Crippen molar-refractivity contribution in [1.29, 1.82) is 0 Å². The molecule has 47 heavy (non-hydrogen) atoms. The molecule has 0 saturated heterocycles. The summed E-state index contributed by atoms with van der Waals surface area (Å²) in [5, 5.41) is 0. The summed E-state index contributed by atoms with van der Waals surface area (Å²) in [6.07, 6.45) is 3.14. The molecule has 0 aliphatic carbocycles. The Kier molecular flexibility index (Phi) is 15.0. The summed E-state index contributed by atoms with van der Waals surface area (Å²) in [5.41, 5.74) is 3.63. The van der Waals surface area contributed by atoms with Crippen LogP contribution in [0.2, 0.25) is 0 Å².